The molecular weight excluding hydrogens is 452 g/mol. The smallest absolute Gasteiger partial charge is 0.271 e. The van der Waals surface area contributed by atoms with E-state index in [4.69, 9.17) is 16.6 Å². The van der Waals surface area contributed by atoms with Crippen LogP contribution in [0.15, 0.2) is 88.2 Å². The van der Waals surface area contributed by atoms with Gasteiger partial charge >= 0.3 is 0 Å². The second-order valence-electron chi connectivity index (χ2n) is 8.23. The maximum absolute atomic E-state index is 13.7. The molecule has 1 atom stereocenters. The van der Waals surface area contributed by atoms with Crippen molar-refractivity contribution in [3.63, 3.8) is 0 Å². The fraction of sp³-hybridized carbons (Fsp3) is 0.111. The van der Waals surface area contributed by atoms with E-state index in [0.717, 1.165) is 40.8 Å². The van der Waals surface area contributed by atoms with Crippen molar-refractivity contribution in [2.75, 3.05) is 0 Å². The zero-order valence-electron chi connectivity index (χ0n) is 17.5. The number of aromatic nitrogens is 1. The molecule has 0 radical (unpaired) electrons. The molecule has 0 saturated heterocycles. The van der Waals surface area contributed by atoms with Crippen molar-refractivity contribution in [2.24, 2.45) is 4.99 Å². The Balaban J connectivity index is 1.64. The van der Waals surface area contributed by atoms with E-state index in [1.807, 2.05) is 36.4 Å². The molecule has 4 aromatic rings. The molecule has 0 fully saturated rings. The van der Waals surface area contributed by atoms with Gasteiger partial charge in [-0.15, -0.1) is 0 Å². The van der Waals surface area contributed by atoms with Crippen molar-refractivity contribution >= 4 is 34.7 Å². The van der Waals surface area contributed by atoms with E-state index in [1.54, 1.807) is 28.8 Å². The van der Waals surface area contributed by atoms with Gasteiger partial charge in [-0.25, -0.2) is 4.99 Å². The number of allylic oxidation sites excluding steroid dienone is 1. The summed E-state index contributed by atoms with van der Waals surface area (Å²) >= 11 is 8.05. The zero-order valence-corrected chi connectivity index (χ0v) is 19.1. The van der Waals surface area contributed by atoms with Crippen LogP contribution in [0.2, 0.25) is 5.02 Å². The fourth-order valence-corrected chi connectivity index (χ4v) is 5.96. The Kier molecular flexibility index (Phi) is 4.82. The number of benzene rings is 3. The van der Waals surface area contributed by atoms with Crippen molar-refractivity contribution in [3.05, 3.63) is 125 Å². The third-order valence-electron chi connectivity index (χ3n) is 6.26. The Morgan fingerprint density at radius 2 is 1.76 bits per heavy atom. The fourth-order valence-electron chi connectivity index (χ4n) is 4.72. The topological polar surface area (TPSA) is 54.6 Å². The van der Waals surface area contributed by atoms with Crippen molar-refractivity contribution in [3.8, 4) is 5.75 Å². The molecule has 2 heterocycles. The molecule has 1 unspecified atom stereocenters. The van der Waals surface area contributed by atoms with Gasteiger partial charge in [0.25, 0.3) is 5.56 Å². The number of fused-ring (bicyclic) bond motifs is 3. The van der Waals surface area contributed by atoms with Crippen LogP contribution >= 0.6 is 22.9 Å². The molecule has 0 saturated carbocycles. The Hall–Kier alpha value is -3.41. The van der Waals surface area contributed by atoms with Crippen molar-refractivity contribution in [1.82, 2.24) is 4.57 Å². The summed E-state index contributed by atoms with van der Waals surface area (Å²) in [7, 11) is 0. The lowest BCUT2D eigenvalue weighted by atomic mass is 9.83. The predicted octanol–water partition coefficient (Wildman–Crippen LogP) is 4.68. The van der Waals surface area contributed by atoms with Crippen molar-refractivity contribution < 1.29 is 5.11 Å². The Morgan fingerprint density at radius 1 is 1.00 bits per heavy atom. The van der Waals surface area contributed by atoms with Gasteiger partial charge < -0.3 is 5.11 Å². The summed E-state index contributed by atoms with van der Waals surface area (Å²) in [5.41, 5.74) is 6.18. The van der Waals surface area contributed by atoms with Crippen molar-refractivity contribution in [2.45, 2.75) is 18.9 Å². The summed E-state index contributed by atoms with van der Waals surface area (Å²) in [5.74, 6) is 0.193. The molecule has 1 aromatic heterocycles. The Morgan fingerprint density at radius 3 is 2.58 bits per heavy atom. The van der Waals surface area contributed by atoms with E-state index in [9.17, 15) is 9.90 Å². The standard InChI is InChI=1S/C27H19ClN2O2S/c28-22-8-4-3-7-20(22)25-21-14-11-17-5-1-2-6-19(17)24(21)29-27-30(25)26(32)23(33-27)15-16-9-12-18(31)13-10-16/h1-10,12-13,15,25,31H,11,14H2. The van der Waals surface area contributed by atoms with Gasteiger partial charge in [-0.2, -0.15) is 0 Å². The van der Waals surface area contributed by atoms with Crippen LogP contribution in [0.3, 0.4) is 0 Å². The third kappa shape index (κ3) is 3.36. The van der Waals surface area contributed by atoms with Gasteiger partial charge in [0, 0.05) is 10.6 Å². The number of thiazole rings is 1. The summed E-state index contributed by atoms with van der Waals surface area (Å²) in [5, 5.41) is 10.2. The summed E-state index contributed by atoms with van der Waals surface area (Å²) in [4.78, 5) is 19.3. The monoisotopic (exact) mass is 470 g/mol. The molecule has 3 aromatic carbocycles. The number of rotatable bonds is 2. The lowest BCUT2D eigenvalue weighted by molar-refractivity contribution is 0.475. The van der Waals surface area contributed by atoms with Gasteiger partial charge in [0.05, 0.1) is 16.3 Å². The Bertz CT molecular complexity index is 1610. The first-order valence-electron chi connectivity index (χ1n) is 10.8. The molecule has 0 amide bonds. The summed E-state index contributed by atoms with van der Waals surface area (Å²) in [6.45, 7) is 0. The van der Waals surface area contributed by atoms with E-state index < -0.39 is 0 Å². The number of phenols is 1. The average molecular weight is 471 g/mol. The molecule has 162 valence electrons. The summed E-state index contributed by atoms with van der Waals surface area (Å²) in [6.07, 6.45) is 3.58. The molecule has 0 bridgehead atoms. The number of hydrogen-bond acceptors (Lipinski definition) is 4. The van der Waals surface area contributed by atoms with Crippen LogP contribution in [-0.2, 0) is 6.42 Å². The van der Waals surface area contributed by atoms with E-state index in [0.29, 0.717) is 14.4 Å². The highest BCUT2D eigenvalue weighted by molar-refractivity contribution is 7.07. The van der Waals surface area contributed by atoms with E-state index >= 15 is 0 Å². The Labute approximate surface area is 199 Å². The number of aryl methyl sites for hydroxylation is 1. The minimum absolute atomic E-state index is 0.0813. The van der Waals surface area contributed by atoms with Crippen LogP contribution in [0.5, 0.6) is 5.75 Å². The molecular formula is C27H19ClN2O2S. The maximum Gasteiger partial charge on any atom is 0.271 e. The molecule has 6 heteroatoms. The quantitative estimate of drug-likeness (QED) is 0.462. The van der Waals surface area contributed by atoms with Crippen molar-refractivity contribution in [1.29, 1.82) is 0 Å². The predicted molar refractivity (Wildman–Crippen MR) is 132 cm³/mol. The van der Waals surface area contributed by atoms with Crippen LogP contribution in [0.4, 0.5) is 0 Å². The van der Waals surface area contributed by atoms with E-state index in [-0.39, 0.29) is 17.4 Å². The van der Waals surface area contributed by atoms with Gasteiger partial charge in [0.2, 0.25) is 0 Å². The first-order valence-corrected chi connectivity index (χ1v) is 12.0. The lowest BCUT2D eigenvalue weighted by Gasteiger charge is -2.31. The van der Waals surface area contributed by atoms with Gasteiger partial charge in [0.15, 0.2) is 4.80 Å². The van der Waals surface area contributed by atoms with Gasteiger partial charge in [-0.05, 0) is 59.4 Å². The number of phenolic OH excluding ortho intramolecular Hbond substituents is 1. The number of hydrogen-bond donors (Lipinski definition) is 1. The van der Waals surface area contributed by atoms with Gasteiger partial charge in [0.1, 0.15) is 5.75 Å². The molecule has 0 spiro atoms. The maximum atomic E-state index is 13.7. The zero-order chi connectivity index (χ0) is 22.5. The highest BCUT2D eigenvalue weighted by Crippen LogP contribution is 2.42. The molecule has 6 rings (SSSR count). The molecule has 4 nitrogen and oxygen atoms in total. The molecule has 1 N–H and O–H groups in total. The van der Waals surface area contributed by atoms with Crippen LogP contribution in [0.25, 0.3) is 11.8 Å². The largest absolute Gasteiger partial charge is 0.508 e. The average Bonchev–Trinajstić information content (AvgIpc) is 3.14. The lowest BCUT2D eigenvalue weighted by Crippen LogP contribution is -2.38. The number of halogens is 1. The number of nitrogens with zero attached hydrogens (tertiary/aromatic N) is 2. The van der Waals surface area contributed by atoms with Crippen LogP contribution in [-0.4, -0.2) is 9.67 Å². The molecule has 1 aliphatic carbocycles. The van der Waals surface area contributed by atoms with Crippen LogP contribution < -0.4 is 14.9 Å². The SMILES string of the molecule is O=c1c(=Cc2ccc(O)cc2)sc2n1C(c1ccccc1Cl)C1=C(N=2)c2ccccc2CC1. The molecule has 33 heavy (non-hydrogen) atoms. The minimum atomic E-state index is -0.291. The van der Waals surface area contributed by atoms with E-state index in [1.165, 1.54) is 16.9 Å². The molecule has 1 aliphatic heterocycles. The molecule has 2 aliphatic rings. The second-order valence-corrected chi connectivity index (χ2v) is 9.64. The third-order valence-corrected chi connectivity index (χ3v) is 7.59. The highest BCUT2D eigenvalue weighted by atomic mass is 35.5. The van der Waals surface area contributed by atoms with Crippen LogP contribution in [0, 0.1) is 0 Å². The van der Waals surface area contributed by atoms with Crippen LogP contribution in [0.1, 0.15) is 34.7 Å². The minimum Gasteiger partial charge on any atom is -0.508 e. The van der Waals surface area contributed by atoms with Gasteiger partial charge in [-0.1, -0.05) is 77.5 Å². The highest BCUT2D eigenvalue weighted by Gasteiger charge is 2.33. The first-order chi connectivity index (χ1) is 16.1. The normalized spacial score (nSPS) is 17.2. The van der Waals surface area contributed by atoms with E-state index in [2.05, 4.69) is 18.2 Å². The summed E-state index contributed by atoms with van der Waals surface area (Å²) in [6, 6.07) is 22.6. The summed E-state index contributed by atoms with van der Waals surface area (Å²) < 4.78 is 2.40. The van der Waals surface area contributed by atoms with Gasteiger partial charge in [-0.3, -0.25) is 9.36 Å². The second kappa shape index (κ2) is 7.87. The first kappa shape index (κ1) is 20.2. The number of aromatic hydroxyl groups is 1.